The summed E-state index contributed by atoms with van der Waals surface area (Å²) in [7, 11) is 0. The summed E-state index contributed by atoms with van der Waals surface area (Å²) >= 11 is 0. The predicted octanol–water partition coefficient (Wildman–Crippen LogP) is 2.14. The summed E-state index contributed by atoms with van der Waals surface area (Å²) in [5, 5.41) is 7.12. The van der Waals surface area contributed by atoms with E-state index in [4.69, 9.17) is 8.94 Å². The maximum Gasteiger partial charge on any atom is 0.261 e. The zero-order valence-corrected chi connectivity index (χ0v) is 9.65. The van der Waals surface area contributed by atoms with E-state index in [-0.39, 0.29) is 0 Å². The molecule has 0 saturated carbocycles. The molecular formula is C11H15N3O2. The topological polar surface area (TPSA) is 64.1 Å². The van der Waals surface area contributed by atoms with Crippen molar-refractivity contribution in [3.8, 4) is 11.5 Å². The lowest BCUT2D eigenvalue weighted by Crippen LogP contribution is -2.22. The molecule has 5 heteroatoms. The third kappa shape index (κ3) is 2.30. The molecule has 2 heterocycles. The van der Waals surface area contributed by atoms with Gasteiger partial charge in [0.25, 0.3) is 5.89 Å². The molecule has 2 rings (SSSR count). The molecule has 0 fully saturated rings. The average Bonchev–Trinajstić information content (AvgIpc) is 2.83. The van der Waals surface area contributed by atoms with Crippen molar-refractivity contribution in [2.24, 2.45) is 0 Å². The Morgan fingerprint density at radius 2 is 2.25 bits per heavy atom. The highest BCUT2D eigenvalue weighted by atomic mass is 16.5. The minimum Gasteiger partial charge on any atom is -0.469 e. The highest BCUT2D eigenvalue weighted by Gasteiger charge is 2.12. The minimum absolute atomic E-state index is 0.401. The van der Waals surface area contributed by atoms with Gasteiger partial charge >= 0.3 is 0 Å². The van der Waals surface area contributed by atoms with E-state index in [9.17, 15) is 0 Å². The van der Waals surface area contributed by atoms with Gasteiger partial charge in [-0.2, -0.15) is 4.98 Å². The molecule has 0 unspecified atom stereocenters. The molecule has 0 aliphatic rings. The van der Waals surface area contributed by atoms with Crippen LogP contribution in [0.4, 0.5) is 0 Å². The fourth-order valence-corrected chi connectivity index (χ4v) is 1.34. The lowest BCUT2D eigenvalue weighted by atomic mass is 10.2. The van der Waals surface area contributed by atoms with E-state index in [1.165, 1.54) is 0 Å². The molecule has 0 radical (unpaired) electrons. The maximum absolute atomic E-state index is 5.18. The van der Waals surface area contributed by atoms with Crippen LogP contribution in [0.25, 0.3) is 11.5 Å². The molecule has 0 aliphatic carbocycles. The molecule has 0 atom stereocenters. The van der Waals surface area contributed by atoms with E-state index < -0.39 is 0 Å². The lowest BCUT2D eigenvalue weighted by Gasteiger charge is -2.02. The third-order valence-corrected chi connectivity index (χ3v) is 2.23. The number of hydrogen-bond donors (Lipinski definition) is 1. The number of aryl methyl sites for hydroxylation is 1. The zero-order valence-electron chi connectivity index (χ0n) is 9.65. The Balaban J connectivity index is 2.11. The van der Waals surface area contributed by atoms with Crippen LogP contribution >= 0.6 is 0 Å². The van der Waals surface area contributed by atoms with Crippen molar-refractivity contribution < 1.29 is 8.94 Å². The summed E-state index contributed by atoms with van der Waals surface area (Å²) in [6, 6.07) is 2.22. The van der Waals surface area contributed by atoms with Crippen LogP contribution < -0.4 is 5.32 Å². The number of aromatic nitrogens is 2. The summed E-state index contributed by atoms with van der Waals surface area (Å²) in [6.07, 6.45) is 1.61. The van der Waals surface area contributed by atoms with E-state index in [1.54, 1.807) is 6.26 Å². The molecule has 0 aromatic carbocycles. The van der Waals surface area contributed by atoms with Gasteiger partial charge in [-0.3, -0.25) is 0 Å². The first-order valence-electron chi connectivity index (χ1n) is 5.27. The van der Waals surface area contributed by atoms with Crippen LogP contribution in [-0.2, 0) is 6.54 Å². The van der Waals surface area contributed by atoms with Crippen molar-refractivity contribution in [2.45, 2.75) is 33.4 Å². The molecule has 2 aromatic heterocycles. The molecule has 0 bridgehead atoms. The van der Waals surface area contributed by atoms with Gasteiger partial charge in [-0.15, -0.1) is 0 Å². The van der Waals surface area contributed by atoms with Crippen LogP contribution in [0.15, 0.2) is 21.3 Å². The standard InChI is InChI=1S/C11H15N3O2/c1-7(2)12-6-10-13-11(16-14-10)9-4-5-15-8(9)3/h4-5,7,12H,6H2,1-3H3. The second-order valence-electron chi connectivity index (χ2n) is 3.94. The van der Waals surface area contributed by atoms with Crippen molar-refractivity contribution in [1.82, 2.24) is 15.5 Å². The average molecular weight is 221 g/mol. The smallest absolute Gasteiger partial charge is 0.261 e. The summed E-state index contributed by atoms with van der Waals surface area (Å²) in [6.45, 7) is 6.62. The van der Waals surface area contributed by atoms with Crippen molar-refractivity contribution in [1.29, 1.82) is 0 Å². The van der Waals surface area contributed by atoms with Gasteiger partial charge in [-0.1, -0.05) is 19.0 Å². The minimum atomic E-state index is 0.401. The van der Waals surface area contributed by atoms with E-state index in [1.807, 2.05) is 13.0 Å². The van der Waals surface area contributed by atoms with Gasteiger partial charge in [-0.25, -0.2) is 0 Å². The van der Waals surface area contributed by atoms with Crippen LogP contribution in [0.5, 0.6) is 0 Å². The zero-order chi connectivity index (χ0) is 11.5. The molecule has 0 saturated heterocycles. The van der Waals surface area contributed by atoms with Crippen molar-refractivity contribution in [3.05, 3.63) is 23.9 Å². The van der Waals surface area contributed by atoms with E-state index >= 15 is 0 Å². The Hall–Kier alpha value is -1.62. The molecular weight excluding hydrogens is 206 g/mol. The fraction of sp³-hybridized carbons (Fsp3) is 0.455. The number of rotatable bonds is 4. The van der Waals surface area contributed by atoms with Crippen molar-refractivity contribution in [3.63, 3.8) is 0 Å². The maximum atomic E-state index is 5.18. The molecule has 0 spiro atoms. The van der Waals surface area contributed by atoms with Gasteiger partial charge in [0.05, 0.1) is 18.4 Å². The predicted molar refractivity (Wildman–Crippen MR) is 58.7 cm³/mol. The Labute approximate surface area is 93.8 Å². The largest absolute Gasteiger partial charge is 0.469 e. The Morgan fingerprint density at radius 1 is 1.44 bits per heavy atom. The first kappa shape index (κ1) is 10.9. The summed E-state index contributed by atoms with van der Waals surface area (Å²) in [5.41, 5.74) is 0.850. The van der Waals surface area contributed by atoms with E-state index in [0.29, 0.717) is 24.3 Å². The van der Waals surface area contributed by atoms with Gasteiger partial charge in [0.15, 0.2) is 5.82 Å². The van der Waals surface area contributed by atoms with Crippen LogP contribution in [0.2, 0.25) is 0 Å². The highest BCUT2D eigenvalue weighted by Crippen LogP contribution is 2.21. The van der Waals surface area contributed by atoms with Gasteiger partial charge in [0.1, 0.15) is 5.76 Å². The van der Waals surface area contributed by atoms with E-state index in [2.05, 4.69) is 29.3 Å². The second-order valence-corrected chi connectivity index (χ2v) is 3.94. The van der Waals surface area contributed by atoms with Crippen LogP contribution in [-0.4, -0.2) is 16.2 Å². The second kappa shape index (κ2) is 4.49. The normalized spacial score (nSPS) is 11.2. The first-order valence-corrected chi connectivity index (χ1v) is 5.27. The van der Waals surface area contributed by atoms with Crippen LogP contribution in [0.1, 0.15) is 25.4 Å². The molecule has 2 aromatic rings. The fourth-order valence-electron chi connectivity index (χ4n) is 1.34. The number of nitrogens with one attached hydrogen (secondary N) is 1. The van der Waals surface area contributed by atoms with Gasteiger partial charge in [0.2, 0.25) is 0 Å². The SMILES string of the molecule is Cc1occc1-c1nc(CNC(C)C)no1. The summed E-state index contributed by atoms with van der Waals surface area (Å²) in [5.74, 6) is 1.95. The number of furan rings is 1. The Bertz CT molecular complexity index is 459. The van der Waals surface area contributed by atoms with Gasteiger partial charge in [0, 0.05) is 6.04 Å². The highest BCUT2D eigenvalue weighted by molar-refractivity contribution is 5.54. The van der Waals surface area contributed by atoms with E-state index in [0.717, 1.165) is 11.3 Å². The third-order valence-electron chi connectivity index (χ3n) is 2.23. The Morgan fingerprint density at radius 3 is 2.88 bits per heavy atom. The van der Waals surface area contributed by atoms with Gasteiger partial charge < -0.3 is 14.3 Å². The number of nitrogens with zero attached hydrogens (tertiary/aromatic N) is 2. The van der Waals surface area contributed by atoms with Crippen LogP contribution in [0, 0.1) is 6.92 Å². The summed E-state index contributed by atoms with van der Waals surface area (Å²) < 4.78 is 10.3. The lowest BCUT2D eigenvalue weighted by molar-refractivity contribution is 0.416. The molecule has 16 heavy (non-hydrogen) atoms. The number of hydrogen-bond acceptors (Lipinski definition) is 5. The van der Waals surface area contributed by atoms with Crippen molar-refractivity contribution >= 4 is 0 Å². The first-order chi connectivity index (χ1) is 7.66. The molecule has 1 N–H and O–H groups in total. The van der Waals surface area contributed by atoms with Crippen molar-refractivity contribution in [2.75, 3.05) is 0 Å². The van der Waals surface area contributed by atoms with Gasteiger partial charge in [-0.05, 0) is 13.0 Å². The Kier molecular flexibility index (Phi) is 3.05. The molecule has 86 valence electrons. The summed E-state index contributed by atoms with van der Waals surface area (Å²) in [4.78, 5) is 4.29. The van der Waals surface area contributed by atoms with Crippen LogP contribution in [0.3, 0.4) is 0 Å². The molecule has 0 amide bonds. The molecule has 0 aliphatic heterocycles. The quantitative estimate of drug-likeness (QED) is 0.856. The molecule has 5 nitrogen and oxygen atoms in total. The monoisotopic (exact) mass is 221 g/mol.